The van der Waals surface area contributed by atoms with Gasteiger partial charge in [-0.2, -0.15) is 0 Å². The van der Waals surface area contributed by atoms with Crippen LogP contribution in [0.4, 0.5) is 10.8 Å². The minimum absolute atomic E-state index is 0.0284. The van der Waals surface area contributed by atoms with E-state index >= 15 is 0 Å². The summed E-state index contributed by atoms with van der Waals surface area (Å²) < 4.78 is 6.30. The standard InChI is InChI=1S/C13H10Br2N2O3S/c1-6(18)11-10(12(19)20-2)17-13(21-11)16-9-7(14)4-3-5-8(9)15/h3-5H,1-2H3,(H,16,17). The third-order valence-electron chi connectivity index (χ3n) is 2.52. The molecule has 0 spiro atoms. The molecule has 0 atom stereocenters. The Kier molecular flexibility index (Phi) is 5.13. The van der Waals surface area contributed by atoms with Crippen LogP contribution in [0.5, 0.6) is 0 Å². The molecule has 0 amide bonds. The topological polar surface area (TPSA) is 68.3 Å². The van der Waals surface area contributed by atoms with E-state index in [2.05, 4.69) is 46.9 Å². The summed E-state index contributed by atoms with van der Waals surface area (Å²) in [5.41, 5.74) is 0.790. The lowest BCUT2D eigenvalue weighted by atomic mass is 10.3. The molecule has 0 fully saturated rings. The Labute approximate surface area is 142 Å². The number of para-hydroxylation sites is 1. The molecule has 8 heteroatoms. The van der Waals surface area contributed by atoms with E-state index in [-0.39, 0.29) is 16.4 Å². The van der Waals surface area contributed by atoms with Gasteiger partial charge >= 0.3 is 5.97 Å². The van der Waals surface area contributed by atoms with Gasteiger partial charge in [-0.25, -0.2) is 9.78 Å². The van der Waals surface area contributed by atoms with E-state index in [4.69, 9.17) is 0 Å². The highest BCUT2D eigenvalue weighted by molar-refractivity contribution is 9.11. The number of rotatable bonds is 4. The maximum Gasteiger partial charge on any atom is 0.358 e. The molecule has 2 aromatic rings. The molecular formula is C13H10Br2N2O3S. The predicted molar refractivity (Wildman–Crippen MR) is 88.6 cm³/mol. The molecule has 0 bridgehead atoms. The largest absolute Gasteiger partial charge is 0.464 e. The lowest BCUT2D eigenvalue weighted by molar-refractivity contribution is 0.0591. The fourth-order valence-electron chi connectivity index (χ4n) is 1.57. The average molecular weight is 434 g/mol. The number of hydrogen-bond donors (Lipinski definition) is 1. The van der Waals surface area contributed by atoms with Gasteiger partial charge in [0.1, 0.15) is 4.88 Å². The molecule has 1 aromatic heterocycles. The summed E-state index contributed by atoms with van der Waals surface area (Å²) in [5, 5.41) is 3.53. The molecule has 0 aliphatic rings. The fourth-order valence-corrected chi connectivity index (χ4v) is 3.62. The lowest BCUT2D eigenvalue weighted by Gasteiger charge is -2.07. The van der Waals surface area contributed by atoms with Gasteiger partial charge in [0.05, 0.1) is 12.8 Å². The summed E-state index contributed by atoms with van der Waals surface area (Å²) in [6, 6.07) is 5.61. The molecule has 5 nitrogen and oxygen atoms in total. The van der Waals surface area contributed by atoms with E-state index in [1.54, 1.807) is 0 Å². The van der Waals surface area contributed by atoms with Crippen LogP contribution in [0.2, 0.25) is 0 Å². The van der Waals surface area contributed by atoms with Gasteiger partial charge in [-0.1, -0.05) is 17.4 Å². The highest BCUT2D eigenvalue weighted by atomic mass is 79.9. The number of hydrogen-bond acceptors (Lipinski definition) is 6. The minimum atomic E-state index is -0.629. The molecule has 0 saturated heterocycles. The predicted octanol–water partition coefficient (Wildman–Crippen LogP) is 4.40. The lowest BCUT2D eigenvalue weighted by Crippen LogP contribution is -2.07. The Morgan fingerprint density at radius 2 is 1.90 bits per heavy atom. The molecular weight excluding hydrogens is 424 g/mol. The molecule has 0 aliphatic carbocycles. The molecule has 1 N–H and O–H groups in total. The van der Waals surface area contributed by atoms with Crippen LogP contribution in [-0.2, 0) is 4.74 Å². The minimum Gasteiger partial charge on any atom is -0.464 e. The van der Waals surface area contributed by atoms with Crippen molar-refractivity contribution < 1.29 is 14.3 Å². The second-order valence-corrected chi connectivity index (χ2v) is 6.67. The monoisotopic (exact) mass is 432 g/mol. The number of ketones is 1. The molecule has 110 valence electrons. The van der Waals surface area contributed by atoms with Crippen molar-refractivity contribution in [3.8, 4) is 0 Å². The van der Waals surface area contributed by atoms with Crippen molar-refractivity contribution in [3.63, 3.8) is 0 Å². The van der Waals surface area contributed by atoms with Gasteiger partial charge in [0.2, 0.25) is 0 Å². The number of esters is 1. The zero-order chi connectivity index (χ0) is 15.6. The van der Waals surface area contributed by atoms with Crippen LogP contribution in [-0.4, -0.2) is 23.8 Å². The Morgan fingerprint density at radius 1 is 1.29 bits per heavy atom. The van der Waals surface area contributed by atoms with Gasteiger partial charge in [-0.3, -0.25) is 4.79 Å². The number of carbonyl (C=O) groups excluding carboxylic acids is 2. The van der Waals surface area contributed by atoms with Gasteiger partial charge in [0.25, 0.3) is 0 Å². The highest BCUT2D eigenvalue weighted by Gasteiger charge is 2.22. The molecule has 21 heavy (non-hydrogen) atoms. The first-order valence-electron chi connectivity index (χ1n) is 5.75. The van der Waals surface area contributed by atoms with Gasteiger partial charge < -0.3 is 10.1 Å². The molecule has 0 unspecified atom stereocenters. The Hall–Kier alpha value is -1.25. The molecule has 0 saturated carbocycles. The zero-order valence-electron chi connectivity index (χ0n) is 11.1. The summed E-state index contributed by atoms with van der Waals surface area (Å²) >= 11 is 7.96. The van der Waals surface area contributed by atoms with Crippen LogP contribution < -0.4 is 5.32 Å². The van der Waals surface area contributed by atoms with E-state index in [0.717, 1.165) is 26.0 Å². The molecule has 0 radical (unpaired) electrons. The van der Waals surface area contributed by atoms with Gasteiger partial charge in [-0.15, -0.1) is 0 Å². The summed E-state index contributed by atoms with van der Waals surface area (Å²) in [6.07, 6.45) is 0. The summed E-state index contributed by atoms with van der Waals surface area (Å²) in [6.45, 7) is 1.39. The normalized spacial score (nSPS) is 10.3. The van der Waals surface area contributed by atoms with Crippen molar-refractivity contribution >= 4 is 65.8 Å². The third kappa shape index (κ3) is 3.50. The maximum absolute atomic E-state index is 11.7. The Morgan fingerprint density at radius 3 is 2.43 bits per heavy atom. The maximum atomic E-state index is 11.7. The van der Waals surface area contributed by atoms with Crippen LogP contribution in [0.1, 0.15) is 27.1 Å². The summed E-state index contributed by atoms with van der Waals surface area (Å²) in [5.74, 6) is -0.858. The van der Waals surface area contributed by atoms with E-state index in [1.165, 1.54) is 14.0 Å². The second-order valence-electron chi connectivity index (χ2n) is 3.97. The quantitative estimate of drug-likeness (QED) is 0.571. The van der Waals surface area contributed by atoms with Crippen molar-refractivity contribution in [1.82, 2.24) is 4.98 Å². The van der Waals surface area contributed by atoms with Crippen molar-refractivity contribution in [2.75, 3.05) is 12.4 Å². The highest BCUT2D eigenvalue weighted by Crippen LogP contribution is 2.35. The van der Waals surface area contributed by atoms with E-state index in [0.29, 0.717) is 5.13 Å². The number of Topliss-reactive ketones (excluding diaryl/α,β-unsaturated/α-hetero) is 1. The number of thiazole rings is 1. The first kappa shape index (κ1) is 16.1. The molecule has 0 aliphatic heterocycles. The van der Waals surface area contributed by atoms with Crippen LogP contribution in [0.15, 0.2) is 27.1 Å². The van der Waals surface area contributed by atoms with Crippen molar-refractivity contribution in [1.29, 1.82) is 0 Å². The van der Waals surface area contributed by atoms with E-state index in [1.807, 2.05) is 18.2 Å². The first-order chi connectivity index (χ1) is 9.93. The van der Waals surface area contributed by atoms with Gasteiger partial charge in [0.15, 0.2) is 16.6 Å². The van der Waals surface area contributed by atoms with E-state index in [9.17, 15) is 9.59 Å². The SMILES string of the molecule is COC(=O)c1nc(Nc2c(Br)cccc2Br)sc1C(C)=O. The number of aromatic nitrogens is 1. The number of carbonyl (C=O) groups is 2. The fraction of sp³-hybridized carbons (Fsp3) is 0.154. The molecule has 1 heterocycles. The molecule has 1 aromatic carbocycles. The van der Waals surface area contributed by atoms with Crippen molar-refractivity contribution in [2.24, 2.45) is 0 Å². The van der Waals surface area contributed by atoms with Crippen LogP contribution >= 0.6 is 43.2 Å². The van der Waals surface area contributed by atoms with Crippen LogP contribution in [0.25, 0.3) is 0 Å². The molecule has 2 rings (SSSR count). The van der Waals surface area contributed by atoms with E-state index < -0.39 is 5.97 Å². The van der Waals surface area contributed by atoms with Gasteiger partial charge in [-0.05, 0) is 44.0 Å². The average Bonchev–Trinajstić information content (AvgIpc) is 2.86. The number of anilines is 2. The third-order valence-corrected chi connectivity index (χ3v) is 4.91. The second kappa shape index (κ2) is 6.67. The number of nitrogens with one attached hydrogen (secondary N) is 1. The number of nitrogens with zero attached hydrogens (tertiary/aromatic N) is 1. The smallest absolute Gasteiger partial charge is 0.358 e. The Bertz CT molecular complexity index is 695. The van der Waals surface area contributed by atoms with Gasteiger partial charge in [0, 0.05) is 15.9 Å². The van der Waals surface area contributed by atoms with Crippen LogP contribution in [0.3, 0.4) is 0 Å². The van der Waals surface area contributed by atoms with Crippen LogP contribution in [0, 0.1) is 0 Å². The first-order valence-corrected chi connectivity index (χ1v) is 8.15. The summed E-state index contributed by atoms with van der Waals surface area (Å²) in [4.78, 5) is 27.7. The Balaban J connectivity index is 2.42. The van der Waals surface area contributed by atoms with Crippen molar-refractivity contribution in [3.05, 3.63) is 37.7 Å². The zero-order valence-corrected chi connectivity index (χ0v) is 15.1. The number of benzene rings is 1. The number of halogens is 2. The number of ether oxygens (including phenoxy) is 1. The summed E-state index contributed by atoms with van der Waals surface area (Å²) in [7, 11) is 1.25. The number of methoxy groups -OCH3 is 1. The van der Waals surface area contributed by atoms with Crippen molar-refractivity contribution in [2.45, 2.75) is 6.92 Å².